The Labute approximate surface area is 227 Å². The number of imidazole rings is 1. The number of fused-ring (bicyclic) bond motifs is 2. The average molecular weight is 551 g/mol. The minimum atomic E-state index is -1.01. The summed E-state index contributed by atoms with van der Waals surface area (Å²) in [5, 5.41) is 0.494. The molecule has 198 valence electrons. The van der Waals surface area contributed by atoms with E-state index in [-0.39, 0.29) is 18.2 Å². The third-order valence-electron chi connectivity index (χ3n) is 7.74. The first kappa shape index (κ1) is 24.2. The average Bonchev–Trinajstić information content (AvgIpc) is 3.20. The first-order valence-corrected chi connectivity index (χ1v) is 13.3. The van der Waals surface area contributed by atoms with Gasteiger partial charge >= 0.3 is 6.17 Å². The molecule has 3 heterocycles. The standard InChI is InChI=1S/C29H24ClF3N5O/c1-15-28-35-27(36-38(15)28)17-5-6-18(21(31)9-17)13-37-25-12-23(33)22(32)11-24(25)34-29(37)20-8-7-19(30)10-26(20)39-14-16-3-2-4-16/h5-12,16,28H,2-4,13-14H2,1H3,(H,35,36)/q+1. The molecule has 0 amide bonds. The summed E-state index contributed by atoms with van der Waals surface area (Å²) in [4.78, 5) is 9.18. The molecule has 1 aromatic heterocycles. The predicted molar refractivity (Wildman–Crippen MR) is 143 cm³/mol. The maximum atomic E-state index is 15.4. The van der Waals surface area contributed by atoms with Gasteiger partial charge in [-0.3, -0.25) is 0 Å². The monoisotopic (exact) mass is 550 g/mol. The zero-order valence-electron chi connectivity index (χ0n) is 21.0. The lowest BCUT2D eigenvalue weighted by Gasteiger charge is -2.25. The fraction of sp³-hybridized carbons (Fsp3) is 0.276. The van der Waals surface area contributed by atoms with Crippen LogP contribution in [-0.2, 0) is 6.54 Å². The van der Waals surface area contributed by atoms with Crippen molar-refractivity contribution in [1.29, 1.82) is 0 Å². The summed E-state index contributed by atoms with van der Waals surface area (Å²) >= 11 is 6.29. The first-order chi connectivity index (χ1) is 18.9. The van der Waals surface area contributed by atoms with Crippen LogP contribution in [0, 0.1) is 23.4 Å². The second-order valence-corrected chi connectivity index (χ2v) is 10.7. The summed E-state index contributed by atoms with van der Waals surface area (Å²) in [6, 6.07) is 12.2. The maximum absolute atomic E-state index is 15.4. The van der Waals surface area contributed by atoms with Gasteiger partial charge in [-0.05, 0) is 43.0 Å². The lowest BCUT2D eigenvalue weighted by molar-refractivity contribution is -0.504. The molecule has 1 fully saturated rings. The second-order valence-electron chi connectivity index (χ2n) is 10.3. The van der Waals surface area contributed by atoms with Gasteiger partial charge < -0.3 is 9.30 Å². The molecule has 1 saturated carbocycles. The number of nitrogens with one attached hydrogen (secondary N) is 1. The number of halogens is 4. The number of benzene rings is 3. The Morgan fingerprint density at radius 3 is 2.59 bits per heavy atom. The molecular formula is C29H24ClF3N5O+. The van der Waals surface area contributed by atoms with E-state index in [1.165, 1.54) is 12.5 Å². The summed E-state index contributed by atoms with van der Waals surface area (Å²) in [5.74, 6) is -0.436. The van der Waals surface area contributed by atoms with Crippen molar-refractivity contribution in [2.75, 3.05) is 6.61 Å². The molecule has 1 N–H and O–H groups in total. The van der Waals surface area contributed by atoms with Crippen LogP contribution < -0.4 is 10.2 Å². The number of hydrogen-bond donors (Lipinski definition) is 1. The Bertz CT molecular complexity index is 1730. The molecule has 0 spiro atoms. The molecule has 4 aromatic rings. The highest BCUT2D eigenvalue weighted by atomic mass is 35.5. The van der Waals surface area contributed by atoms with Crippen molar-refractivity contribution < 1.29 is 22.6 Å². The third-order valence-corrected chi connectivity index (χ3v) is 7.97. The summed E-state index contributed by atoms with van der Waals surface area (Å²) in [5.41, 5.74) is 6.47. The third kappa shape index (κ3) is 4.25. The molecule has 6 nitrogen and oxygen atoms in total. The molecule has 3 aromatic carbocycles. The quantitative estimate of drug-likeness (QED) is 0.284. The van der Waals surface area contributed by atoms with Crippen molar-refractivity contribution in [1.82, 2.24) is 15.0 Å². The smallest absolute Gasteiger partial charge is 0.358 e. The van der Waals surface area contributed by atoms with Crippen LogP contribution in [0.3, 0.4) is 0 Å². The number of nitrogens with zero attached hydrogens (tertiary/aromatic N) is 4. The number of hydrogen-bond acceptors (Lipinski definition) is 4. The molecular weight excluding hydrogens is 527 g/mol. The number of hydrazine groups is 1. The number of aliphatic imine (C=N–C) groups is 1. The van der Waals surface area contributed by atoms with Crippen LogP contribution in [0.4, 0.5) is 13.2 Å². The molecule has 2 aliphatic heterocycles. The van der Waals surface area contributed by atoms with Crippen LogP contribution in [0.2, 0.25) is 5.02 Å². The Morgan fingerprint density at radius 1 is 1.05 bits per heavy atom. The predicted octanol–water partition coefficient (Wildman–Crippen LogP) is 6.08. The van der Waals surface area contributed by atoms with Gasteiger partial charge in [0.25, 0.3) is 5.71 Å². The topological polar surface area (TPSA) is 54.5 Å². The number of hydrazone groups is 1. The fourth-order valence-corrected chi connectivity index (χ4v) is 5.29. The van der Waals surface area contributed by atoms with Crippen molar-refractivity contribution in [3.63, 3.8) is 0 Å². The number of ether oxygens (including phenoxy) is 1. The normalized spacial score (nSPS) is 18.2. The van der Waals surface area contributed by atoms with Crippen LogP contribution in [0.15, 0.2) is 53.5 Å². The van der Waals surface area contributed by atoms with Gasteiger partial charge in [0.1, 0.15) is 17.4 Å². The zero-order chi connectivity index (χ0) is 26.8. The van der Waals surface area contributed by atoms with Crippen LogP contribution >= 0.6 is 11.6 Å². The molecule has 7 rings (SSSR count). The van der Waals surface area contributed by atoms with E-state index in [4.69, 9.17) is 16.3 Å². The van der Waals surface area contributed by atoms with Crippen molar-refractivity contribution in [3.8, 4) is 17.1 Å². The first-order valence-electron chi connectivity index (χ1n) is 12.9. The van der Waals surface area contributed by atoms with E-state index in [0.29, 0.717) is 57.2 Å². The number of amidine groups is 1. The highest BCUT2D eigenvalue weighted by Crippen LogP contribution is 2.37. The van der Waals surface area contributed by atoms with Gasteiger partial charge in [-0.25, -0.2) is 18.2 Å². The van der Waals surface area contributed by atoms with Crippen molar-refractivity contribution in [2.45, 2.75) is 38.9 Å². The Balaban J connectivity index is 1.28. The molecule has 10 heteroatoms. The summed E-state index contributed by atoms with van der Waals surface area (Å²) in [7, 11) is 0. The van der Waals surface area contributed by atoms with E-state index < -0.39 is 17.5 Å². The van der Waals surface area contributed by atoms with Crippen LogP contribution in [0.5, 0.6) is 5.75 Å². The van der Waals surface area contributed by atoms with E-state index in [0.717, 1.165) is 30.7 Å². The lowest BCUT2D eigenvalue weighted by atomic mass is 9.86. The molecule has 0 bridgehead atoms. The van der Waals surface area contributed by atoms with Crippen molar-refractivity contribution in [3.05, 3.63) is 82.1 Å². The SMILES string of the molecule is CC1=[N+]2NC(c3ccc(Cn4c(-c5ccc(Cl)cc5OCC5CCC5)nc5cc(F)c(F)cc54)c(F)c3)=NC12. The van der Waals surface area contributed by atoms with Gasteiger partial charge in [0.2, 0.25) is 0 Å². The van der Waals surface area contributed by atoms with Gasteiger partial charge in [-0.15, -0.1) is 5.43 Å². The molecule has 1 aliphatic carbocycles. The molecule has 0 radical (unpaired) electrons. The minimum Gasteiger partial charge on any atom is -0.492 e. The fourth-order valence-electron chi connectivity index (χ4n) is 5.13. The molecule has 1 unspecified atom stereocenters. The van der Waals surface area contributed by atoms with Gasteiger partial charge in [0, 0.05) is 35.2 Å². The molecule has 39 heavy (non-hydrogen) atoms. The van der Waals surface area contributed by atoms with Gasteiger partial charge in [0.05, 0.1) is 29.7 Å². The molecule has 0 saturated heterocycles. The van der Waals surface area contributed by atoms with Crippen LogP contribution in [0.1, 0.15) is 37.3 Å². The largest absolute Gasteiger partial charge is 0.492 e. The highest BCUT2D eigenvalue weighted by Gasteiger charge is 2.52. The zero-order valence-corrected chi connectivity index (χ0v) is 21.8. The van der Waals surface area contributed by atoms with E-state index in [1.807, 2.05) is 11.6 Å². The highest BCUT2D eigenvalue weighted by molar-refractivity contribution is 6.30. The molecule has 3 aliphatic rings. The number of aromatic nitrogens is 2. The van der Waals surface area contributed by atoms with Crippen molar-refractivity contribution in [2.24, 2.45) is 10.9 Å². The van der Waals surface area contributed by atoms with E-state index in [1.54, 1.807) is 34.9 Å². The molecule has 1 atom stereocenters. The second kappa shape index (κ2) is 9.12. The Morgan fingerprint density at radius 2 is 1.87 bits per heavy atom. The lowest BCUT2D eigenvalue weighted by Crippen LogP contribution is -2.23. The number of rotatable bonds is 7. The Hall–Kier alpha value is -3.85. The summed E-state index contributed by atoms with van der Waals surface area (Å²) in [6.07, 6.45) is 3.42. The van der Waals surface area contributed by atoms with Crippen molar-refractivity contribution >= 4 is 34.2 Å². The van der Waals surface area contributed by atoms with Crippen LogP contribution in [0.25, 0.3) is 22.4 Å². The van der Waals surface area contributed by atoms with E-state index >= 15 is 4.39 Å². The van der Waals surface area contributed by atoms with E-state index in [9.17, 15) is 8.78 Å². The minimum absolute atomic E-state index is 0.0120. The summed E-state index contributed by atoms with van der Waals surface area (Å²) in [6.45, 7) is 2.56. The summed E-state index contributed by atoms with van der Waals surface area (Å²) < 4.78 is 53.7. The van der Waals surface area contributed by atoms with Gasteiger partial charge in [0.15, 0.2) is 17.5 Å². The van der Waals surface area contributed by atoms with Gasteiger partial charge in [-0.2, -0.15) is 4.99 Å². The Kier molecular flexibility index (Phi) is 5.66. The van der Waals surface area contributed by atoms with Crippen LogP contribution in [-0.4, -0.2) is 38.6 Å². The van der Waals surface area contributed by atoms with Gasteiger partial charge in [-0.1, -0.05) is 34.8 Å². The maximum Gasteiger partial charge on any atom is 0.358 e. The van der Waals surface area contributed by atoms with E-state index in [2.05, 4.69) is 15.4 Å².